The van der Waals surface area contributed by atoms with Crippen molar-refractivity contribution in [1.29, 1.82) is 0 Å². The smallest absolute Gasteiger partial charge is 0.180 e. The molecule has 0 amide bonds. The van der Waals surface area contributed by atoms with E-state index in [1.54, 1.807) is 42.5 Å². The van der Waals surface area contributed by atoms with Crippen LogP contribution in [0.4, 0.5) is 4.39 Å². The molecule has 5 nitrogen and oxygen atoms in total. The molecule has 2 aromatic carbocycles. The first-order valence-electron chi connectivity index (χ1n) is 11.3. The minimum atomic E-state index is -3.53. The molecule has 2 aliphatic carbocycles. The Hall–Kier alpha value is -2.77. The van der Waals surface area contributed by atoms with Crippen molar-refractivity contribution in [1.82, 2.24) is 9.78 Å². The van der Waals surface area contributed by atoms with Crippen LogP contribution in [0.2, 0.25) is 0 Å². The molecule has 3 atom stereocenters. The summed E-state index contributed by atoms with van der Waals surface area (Å²) in [4.78, 5) is 0.248. The highest BCUT2D eigenvalue weighted by molar-refractivity contribution is 7.91. The Morgan fingerprint density at radius 2 is 1.91 bits per heavy atom. The molecule has 1 N–H and O–H groups in total. The van der Waals surface area contributed by atoms with Crippen LogP contribution in [0.5, 0.6) is 0 Å². The Labute approximate surface area is 193 Å². The van der Waals surface area contributed by atoms with E-state index < -0.39 is 15.9 Å². The molecule has 0 unspecified atom stereocenters. The van der Waals surface area contributed by atoms with E-state index in [9.17, 15) is 17.9 Å². The summed E-state index contributed by atoms with van der Waals surface area (Å²) in [6.07, 6.45) is 6.19. The van der Waals surface area contributed by atoms with Crippen LogP contribution in [-0.2, 0) is 16.3 Å². The number of nitrogens with zero attached hydrogens (tertiary/aromatic N) is 2. The summed E-state index contributed by atoms with van der Waals surface area (Å²) in [7, 11) is -3.53. The van der Waals surface area contributed by atoms with Gasteiger partial charge in [0, 0.05) is 0 Å². The van der Waals surface area contributed by atoms with Gasteiger partial charge in [0.25, 0.3) is 0 Å². The molecule has 1 heterocycles. The SMILES string of the molecule is C[C@]12Cc3cnn(-c4ccc(F)cc4)c3C=C1CC[C@@H]2C[C@H](O)CS(=O)(=O)c1ccccc1. The van der Waals surface area contributed by atoms with Gasteiger partial charge in [0.2, 0.25) is 0 Å². The molecule has 1 fully saturated rings. The van der Waals surface area contributed by atoms with Gasteiger partial charge in [-0.25, -0.2) is 17.5 Å². The lowest BCUT2D eigenvalue weighted by molar-refractivity contribution is 0.128. The average molecular weight is 467 g/mol. The normalized spacial score (nSPS) is 23.0. The number of aliphatic hydroxyl groups is 1. The van der Waals surface area contributed by atoms with E-state index in [1.165, 1.54) is 17.7 Å². The highest BCUT2D eigenvalue weighted by atomic mass is 32.2. The van der Waals surface area contributed by atoms with Crippen molar-refractivity contribution in [2.24, 2.45) is 11.3 Å². The van der Waals surface area contributed by atoms with Gasteiger partial charge in [0.05, 0.1) is 34.3 Å². The summed E-state index contributed by atoms with van der Waals surface area (Å²) in [6.45, 7) is 2.22. The highest BCUT2D eigenvalue weighted by Crippen LogP contribution is 2.54. The number of sulfone groups is 1. The predicted octanol–water partition coefficient (Wildman–Crippen LogP) is 4.59. The molecule has 3 aromatic rings. The molecular weight excluding hydrogens is 439 g/mol. The van der Waals surface area contributed by atoms with Crippen LogP contribution in [0, 0.1) is 17.2 Å². The fourth-order valence-electron chi connectivity index (χ4n) is 5.47. The zero-order valence-corrected chi connectivity index (χ0v) is 19.3. The van der Waals surface area contributed by atoms with E-state index in [-0.39, 0.29) is 27.8 Å². The lowest BCUT2D eigenvalue weighted by Crippen LogP contribution is -2.33. The molecule has 0 radical (unpaired) electrons. The first-order valence-corrected chi connectivity index (χ1v) is 12.9. The quantitative estimate of drug-likeness (QED) is 0.577. The molecule has 0 aliphatic heterocycles. The lowest BCUT2D eigenvalue weighted by atomic mass is 9.68. The van der Waals surface area contributed by atoms with Gasteiger partial charge < -0.3 is 5.11 Å². The van der Waals surface area contributed by atoms with E-state index in [0.717, 1.165) is 36.2 Å². The van der Waals surface area contributed by atoms with Crippen molar-refractivity contribution >= 4 is 15.9 Å². The van der Waals surface area contributed by atoms with Crippen LogP contribution in [0.1, 0.15) is 37.4 Å². The Morgan fingerprint density at radius 3 is 2.64 bits per heavy atom. The lowest BCUT2D eigenvalue weighted by Gasteiger charge is -2.36. The molecule has 0 saturated heterocycles. The molecular formula is C26H27FN2O3S. The number of hydrogen-bond acceptors (Lipinski definition) is 4. The molecule has 1 aromatic heterocycles. The second kappa shape index (κ2) is 8.22. The number of aliphatic hydroxyl groups excluding tert-OH is 1. The van der Waals surface area contributed by atoms with Crippen molar-refractivity contribution in [2.45, 2.75) is 43.6 Å². The summed E-state index contributed by atoms with van der Waals surface area (Å²) in [6, 6.07) is 14.6. The van der Waals surface area contributed by atoms with Crippen LogP contribution in [0.15, 0.2) is 71.3 Å². The van der Waals surface area contributed by atoms with Crippen LogP contribution < -0.4 is 0 Å². The Morgan fingerprint density at radius 1 is 1.18 bits per heavy atom. The van der Waals surface area contributed by atoms with Crippen molar-refractivity contribution in [3.05, 3.63) is 83.4 Å². The van der Waals surface area contributed by atoms with Gasteiger partial charge in [0.15, 0.2) is 9.84 Å². The fraction of sp³-hybridized carbons (Fsp3) is 0.346. The molecule has 7 heteroatoms. The summed E-state index contributed by atoms with van der Waals surface area (Å²) >= 11 is 0. The Balaban J connectivity index is 1.34. The molecule has 1 saturated carbocycles. The number of aromatic nitrogens is 2. The zero-order chi connectivity index (χ0) is 23.2. The van der Waals surface area contributed by atoms with Crippen LogP contribution in [0.25, 0.3) is 11.8 Å². The van der Waals surface area contributed by atoms with Crippen molar-refractivity contribution < 1.29 is 17.9 Å². The van der Waals surface area contributed by atoms with Crippen molar-refractivity contribution in [2.75, 3.05) is 5.75 Å². The number of fused-ring (bicyclic) bond motifs is 2. The molecule has 0 bridgehead atoms. The van der Waals surface area contributed by atoms with E-state index >= 15 is 0 Å². The summed E-state index contributed by atoms with van der Waals surface area (Å²) < 4.78 is 40.6. The van der Waals surface area contributed by atoms with E-state index in [2.05, 4.69) is 18.1 Å². The van der Waals surface area contributed by atoms with E-state index in [1.807, 2.05) is 10.9 Å². The monoisotopic (exact) mass is 466 g/mol. The number of benzene rings is 2. The second-order valence-electron chi connectivity index (χ2n) is 9.43. The van der Waals surface area contributed by atoms with Crippen molar-refractivity contribution in [3.63, 3.8) is 0 Å². The van der Waals surface area contributed by atoms with Gasteiger partial charge in [-0.3, -0.25) is 0 Å². The maximum Gasteiger partial charge on any atom is 0.180 e. The first-order chi connectivity index (χ1) is 15.8. The van der Waals surface area contributed by atoms with Gasteiger partial charge in [-0.15, -0.1) is 0 Å². The van der Waals surface area contributed by atoms with Crippen LogP contribution >= 0.6 is 0 Å². The molecule has 0 spiro atoms. The third kappa shape index (κ3) is 4.04. The predicted molar refractivity (Wildman–Crippen MR) is 125 cm³/mol. The highest BCUT2D eigenvalue weighted by Gasteiger charge is 2.46. The van der Waals surface area contributed by atoms with E-state index in [0.29, 0.717) is 6.42 Å². The third-order valence-corrected chi connectivity index (χ3v) is 9.11. The molecule has 5 rings (SSSR count). The van der Waals surface area contributed by atoms with Gasteiger partial charge in [-0.2, -0.15) is 5.10 Å². The van der Waals surface area contributed by atoms with Crippen LogP contribution in [-0.4, -0.2) is 35.2 Å². The number of halogens is 1. The summed E-state index contributed by atoms with van der Waals surface area (Å²) in [5.41, 5.74) is 4.11. The first kappa shape index (κ1) is 22.0. The molecule has 2 aliphatic rings. The Kier molecular flexibility index (Phi) is 5.49. The largest absolute Gasteiger partial charge is 0.392 e. The molecule has 172 valence electrons. The van der Waals surface area contributed by atoms with Gasteiger partial charge in [0.1, 0.15) is 5.82 Å². The fourth-order valence-corrected chi connectivity index (χ4v) is 6.88. The zero-order valence-electron chi connectivity index (χ0n) is 18.5. The second-order valence-corrected chi connectivity index (χ2v) is 11.5. The maximum atomic E-state index is 13.3. The summed E-state index contributed by atoms with van der Waals surface area (Å²) in [5.74, 6) is -0.361. The minimum absolute atomic E-state index is 0.138. The topological polar surface area (TPSA) is 72.2 Å². The van der Waals surface area contributed by atoms with Crippen molar-refractivity contribution in [3.8, 4) is 5.69 Å². The third-order valence-electron chi connectivity index (χ3n) is 7.29. The number of rotatable bonds is 6. The van der Waals surface area contributed by atoms with E-state index in [4.69, 9.17) is 0 Å². The average Bonchev–Trinajstić information content (AvgIpc) is 3.33. The van der Waals surface area contributed by atoms with Crippen LogP contribution in [0.3, 0.4) is 0 Å². The van der Waals surface area contributed by atoms with Gasteiger partial charge in [-0.1, -0.05) is 30.7 Å². The standard InChI is InChI=1S/C26H27FN2O3S/c1-26-15-18-16-28-29(22-11-9-21(27)10-12-22)25(18)14-20(26)8-7-19(26)13-23(30)17-33(31,32)24-5-3-2-4-6-24/h2-6,9-12,14,16,19,23,30H,7-8,13,15,17H2,1H3/t19-,23+,26-/m1/s1. The maximum absolute atomic E-state index is 13.3. The summed E-state index contributed by atoms with van der Waals surface area (Å²) in [5, 5.41) is 15.3. The minimum Gasteiger partial charge on any atom is -0.392 e. The molecule has 33 heavy (non-hydrogen) atoms. The van der Waals surface area contributed by atoms with Gasteiger partial charge in [-0.05, 0) is 85.1 Å². The number of allylic oxidation sites excluding steroid dienone is 1. The Bertz CT molecular complexity index is 1300. The van der Waals surface area contributed by atoms with Gasteiger partial charge >= 0.3 is 0 Å². The number of hydrogen-bond donors (Lipinski definition) is 1.